The first-order valence-electron chi connectivity index (χ1n) is 6.63. The van der Waals surface area contributed by atoms with Crippen molar-refractivity contribution in [3.63, 3.8) is 0 Å². The number of hydrogen-bond acceptors (Lipinski definition) is 4. The first-order valence-corrected chi connectivity index (χ1v) is 6.63. The van der Waals surface area contributed by atoms with Crippen molar-refractivity contribution in [2.75, 3.05) is 18.5 Å². The van der Waals surface area contributed by atoms with Gasteiger partial charge in [0, 0.05) is 18.3 Å². The van der Waals surface area contributed by atoms with Gasteiger partial charge in [-0.1, -0.05) is 27.7 Å². The molecule has 0 aromatic carbocycles. The molecule has 0 spiro atoms. The van der Waals surface area contributed by atoms with Crippen LogP contribution in [-0.4, -0.2) is 23.1 Å². The lowest BCUT2D eigenvalue weighted by Gasteiger charge is -2.18. The Morgan fingerprint density at radius 2 is 2.00 bits per heavy atom. The van der Waals surface area contributed by atoms with Crippen molar-refractivity contribution in [1.29, 1.82) is 0 Å². The Bertz CT molecular complexity index is 372. The van der Waals surface area contributed by atoms with Crippen LogP contribution in [0.4, 0.5) is 5.95 Å². The molecular formula is C14H25N3O. The molecule has 4 nitrogen and oxygen atoms in total. The van der Waals surface area contributed by atoms with E-state index in [4.69, 9.17) is 4.74 Å². The zero-order valence-electron chi connectivity index (χ0n) is 12.2. The minimum Gasteiger partial charge on any atom is -0.478 e. The molecule has 1 aromatic rings. The molecule has 0 fully saturated rings. The summed E-state index contributed by atoms with van der Waals surface area (Å²) < 4.78 is 5.69. The topological polar surface area (TPSA) is 47.0 Å². The number of nitrogens with zero attached hydrogens (tertiary/aromatic N) is 2. The Kier molecular flexibility index (Phi) is 5.38. The Balaban J connectivity index is 2.57. The quantitative estimate of drug-likeness (QED) is 0.841. The van der Waals surface area contributed by atoms with Gasteiger partial charge < -0.3 is 10.1 Å². The molecule has 0 saturated carbocycles. The summed E-state index contributed by atoms with van der Waals surface area (Å²) in [5.74, 6) is 1.31. The number of aromatic nitrogens is 2. The summed E-state index contributed by atoms with van der Waals surface area (Å²) in [7, 11) is 0. The maximum atomic E-state index is 5.69. The number of rotatable bonds is 6. The van der Waals surface area contributed by atoms with Crippen LogP contribution in [0.15, 0.2) is 6.07 Å². The maximum absolute atomic E-state index is 5.69. The fourth-order valence-corrected chi connectivity index (χ4v) is 1.39. The number of ether oxygens (including phenoxy) is 1. The molecule has 0 unspecified atom stereocenters. The van der Waals surface area contributed by atoms with E-state index in [1.165, 1.54) is 0 Å². The van der Waals surface area contributed by atoms with Crippen LogP contribution in [0.1, 0.15) is 46.2 Å². The van der Waals surface area contributed by atoms with Gasteiger partial charge in [0.25, 0.3) is 0 Å². The van der Waals surface area contributed by atoms with Crippen molar-refractivity contribution in [3.05, 3.63) is 11.8 Å². The summed E-state index contributed by atoms with van der Waals surface area (Å²) in [6, 6.07) is 1.87. The van der Waals surface area contributed by atoms with Crippen LogP contribution >= 0.6 is 0 Å². The van der Waals surface area contributed by atoms with E-state index in [0.29, 0.717) is 18.4 Å². The van der Waals surface area contributed by atoms with Gasteiger partial charge in [0.15, 0.2) is 0 Å². The van der Waals surface area contributed by atoms with Crippen LogP contribution in [0.5, 0.6) is 5.88 Å². The van der Waals surface area contributed by atoms with Crippen LogP contribution in [0.25, 0.3) is 0 Å². The van der Waals surface area contributed by atoms with Crippen molar-refractivity contribution < 1.29 is 4.74 Å². The van der Waals surface area contributed by atoms with Gasteiger partial charge >= 0.3 is 0 Å². The summed E-state index contributed by atoms with van der Waals surface area (Å²) in [5, 5.41) is 3.18. The fourth-order valence-electron chi connectivity index (χ4n) is 1.39. The zero-order chi connectivity index (χ0) is 13.6. The highest BCUT2D eigenvalue weighted by Crippen LogP contribution is 2.19. The zero-order valence-corrected chi connectivity index (χ0v) is 12.2. The van der Waals surface area contributed by atoms with Gasteiger partial charge in [0.1, 0.15) is 0 Å². The second-order valence-corrected chi connectivity index (χ2v) is 5.76. The third-order valence-corrected chi connectivity index (χ3v) is 2.47. The van der Waals surface area contributed by atoms with Gasteiger partial charge in [-0.05, 0) is 25.2 Å². The third kappa shape index (κ3) is 5.84. The summed E-state index contributed by atoms with van der Waals surface area (Å²) in [6.45, 7) is 12.2. The number of aryl methyl sites for hydroxylation is 1. The average Bonchev–Trinajstić information content (AvgIpc) is 2.24. The normalized spacial score (nSPS) is 11.4. The molecule has 18 heavy (non-hydrogen) atoms. The van der Waals surface area contributed by atoms with E-state index in [-0.39, 0.29) is 5.41 Å². The monoisotopic (exact) mass is 251 g/mol. The molecule has 0 aliphatic heterocycles. The van der Waals surface area contributed by atoms with Gasteiger partial charge in [0.05, 0.1) is 6.61 Å². The molecular weight excluding hydrogens is 226 g/mol. The highest BCUT2D eigenvalue weighted by Gasteiger charge is 2.10. The highest BCUT2D eigenvalue weighted by molar-refractivity contribution is 5.30. The second kappa shape index (κ2) is 6.57. The Morgan fingerprint density at radius 1 is 1.28 bits per heavy atom. The number of hydrogen-bond donors (Lipinski definition) is 1. The van der Waals surface area contributed by atoms with Crippen molar-refractivity contribution in [1.82, 2.24) is 9.97 Å². The maximum Gasteiger partial charge on any atom is 0.226 e. The van der Waals surface area contributed by atoms with E-state index in [1.807, 2.05) is 13.0 Å². The predicted octanol–water partition coefficient (Wildman–Crippen LogP) is 3.42. The molecule has 4 heteroatoms. The smallest absolute Gasteiger partial charge is 0.226 e. The van der Waals surface area contributed by atoms with E-state index >= 15 is 0 Å². The van der Waals surface area contributed by atoms with E-state index in [1.54, 1.807) is 0 Å². The van der Waals surface area contributed by atoms with Crippen molar-refractivity contribution >= 4 is 5.95 Å². The summed E-state index contributed by atoms with van der Waals surface area (Å²) in [4.78, 5) is 8.67. The van der Waals surface area contributed by atoms with Gasteiger partial charge in [-0.2, -0.15) is 4.98 Å². The number of nitrogens with one attached hydrogen (secondary N) is 1. The van der Waals surface area contributed by atoms with E-state index < -0.39 is 0 Å². The van der Waals surface area contributed by atoms with Crippen LogP contribution in [0.2, 0.25) is 0 Å². The van der Waals surface area contributed by atoms with Crippen LogP contribution in [0, 0.1) is 12.3 Å². The van der Waals surface area contributed by atoms with Gasteiger partial charge in [-0.15, -0.1) is 0 Å². The molecule has 0 bridgehead atoms. The molecule has 1 N–H and O–H groups in total. The second-order valence-electron chi connectivity index (χ2n) is 5.76. The van der Waals surface area contributed by atoms with Crippen LogP contribution in [-0.2, 0) is 0 Å². The summed E-state index contributed by atoms with van der Waals surface area (Å²) in [6.07, 6.45) is 2.06. The molecule has 0 saturated heterocycles. The van der Waals surface area contributed by atoms with Crippen LogP contribution in [0.3, 0.4) is 0 Å². The Hall–Kier alpha value is -1.32. The summed E-state index contributed by atoms with van der Waals surface area (Å²) in [5.41, 5.74) is 1.21. The van der Waals surface area contributed by atoms with Crippen LogP contribution < -0.4 is 10.1 Å². The number of anilines is 1. The molecule has 1 rings (SSSR count). The minimum absolute atomic E-state index is 0.283. The molecule has 0 amide bonds. The predicted molar refractivity (Wildman–Crippen MR) is 75.1 cm³/mol. The standard InChI is InChI=1S/C14H25N3O/c1-6-8-15-13-16-11(2)10-12(17-13)18-9-7-14(3,4)5/h10H,6-9H2,1-5H3,(H,15,16,17). The largest absolute Gasteiger partial charge is 0.478 e. The first-order chi connectivity index (χ1) is 8.40. The van der Waals surface area contributed by atoms with Gasteiger partial charge in [-0.25, -0.2) is 4.98 Å². The van der Waals surface area contributed by atoms with E-state index in [2.05, 4.69) is 43.0 Å². The van der Waals surface area contributed by atoms with Crippen molar-refractivity contribution in [3.8, 4) is 5.88 Å². The average molecular weight is 251 g/mol. The minimum atomic E-state index is 0.283. The molecule has 1 aromatic heterocycles. The third-order valence-electron chi connectivity index (χ3n) is 2.47. The lowest BCUT2D eigenvalue weighted by Crippen LogP contribution is -2.12. The lowest BCUT2D eigenvalue weighted by atomic mass is 9.93. The van der Waals surface area contributed by atoms with E-state index in [0.717, 1.165) is 25.1 Å². The highest BCUT2D eigenvalue weighted by atomic mass is 16.5. The van der Waals surface area contributed by atoms with Gasteiger partial charge in [0.2, 0.25) is 11.8 Å². The van der Waals surface area contributed by atoms with Crippen molar-refractivity contribution in [2.45, 2.75) is 47.5 Å². The molecule has 0 aliphatic carbocycles. The molecule has 102 valence electrons. The summed E-state index contributed by atoms with van der Waals surface area (Å²) >= 11 is 0. The Morgan fingerprint density at radius 3 is 2.61 bits per heavy atom. The molecule has 0 radical (unpaired) electrons. The molecule has 1 heterocycles. The SMILES string of the molecule is CCCNc1nc(C)cc(OCCC(C)(C)C)n1. The molecule has 0 atom stereocenters. The Labute approximate surface area is 110 Å². The molecule has 0 aliphatic rings. The first kappa shape index (κ1) is 14.7. The van der Waals surface area contributed by atoms with Crippen molar-refractivity contribution in [2.24, 2.45) is 5.41 Å². The van der Waals surface area contributed by atoms with Gasteiger partial charge in [-0.3, -0.25) is 0 Å². The lowest BCUT2D eigenvalue weighted by molar-refractivity contribution is 0.236. The fraction of sp³-hybridized carbons (Fsp3) is 0.714. The van der Waals surface area contributed by atoms with E-state index in [9.17, 15) is 0 Å².